The summed E-state index contributed by atoms with van der Waals surface area (Å²) in [5.41, 5.74) is 4.44. The number of rotatable bonds is 7. The van der Waals surface area contributed by atoms with Gasteiger partial charge in [0.25, 0.3) is 0 Å². The fourth-order valence-electron chi connectivity index (χ4n) is 4.41. The first-order chi connectivity index (χ1) is 15.5. The van der Waals surface area contributed by atoms with E-state index < -0.39 is 0 Å². The number of benzene rings is 1. The van der Waals surface area contributed by atoms with Crippen LogP contribution in [0.25, 0.3) is 0 Å². The van der Waals surface area contributed by atoms with E-state index >= 15 is 0 Å². The molecular weight excluding hydrogens is 404 g/mol. The van der Waals surface area contributed by atoms with Crippen molar-refractivity contribution < 1.29 is 14.1 Å². The first kappa shape index (κ1) is 22.0. The van der Waals surface area contributed by atoms with E-state index in [0.29, 0.717) is 31.1 Å². The number of hydrogen-bond donors (Lipinski definition) is 0. The van der Waals surface area contributed by atoms with Crippen molar-refractivity contribution in [2.24, 2.45) is 0 Å². The maximum Gasteiger partial charge on any atom is 0.227 e. The first-order valence-electron chi connectivity index (χ1n) is 11.2. The molecule has 0 radical (unpaired) electrons. The number of amides is 1. The topological polar surface area (TPSA) is 81.4 Å². The summed E-state index contributed by atoms with van der Waals surface area (Å²) in [5, 5.41) is 3.79. The van der Waals surface area contributed by atoms with Gasteiger partial charge in [-0.15, -0.1) is 0 Å². The van der Waals surface area contributed by atoms with Crippen LogP contribution >= 0.6 is 0 Å². The van der Waals surface area contributed by atoms with E-state index in [0.717, 1.165) is 48.5 Å². The van der Waals surface area contributed by atoms with Crippen LogP contribution in [-0.2, 0) is 17.6 Å². The second-order valence-electron chi connectivity index (χ2n) is 8.44. The monoisotopic (exact) mass is 434 g/mol. The summed E-state index contributed by atoms with van der Waals surface area (Å²) in [6, 6.07) is 12.4. The number of carbonyl (C=O) groups is 1. The lowest BCUT2D eigenvalue weighted by Crippen LogP contribution is -2.39. The largest absolute Gasteiger partial charge is 0.496 e. The number of piperidine rings is 1. The Bertz CT molecular complexity index is 1080. The van der Waals surface area contributed by atoms with Gasteiger partial charge in [-0.3, -0.25) is 9.78 Å². The maximum absolute atomic E-state index is 12.8. The number of hydrogen-bond acceptors (Lipinski definition) is 6. The molecule has 1 aliphatic rings. The fourth-order valence-corrected chi connectivity index (χ4v) is 4.41. The second kappa shape index (κ2) is 9.94. The van der Waals surface area contributed by atoms with Gasteiger partial charge < -0.3 is 14.2 Å². The molecule has 0 bridgehead atoms. The molecule has 0 spiro atoms. The van der Waals surface area contributed by atoms with Crippen LogP contribution in [0.2, 0.25) is 0 Å². The molecule has 7 heteroatoms. The van der Waals surface area contributed by atoms with Crippen LogP contribution in [-0.4, -0.2) is 46.1 Å². The number of methoxy groups -OCH3 is 1. The molecule has 3 aromatic rings. The van der Waals surface area contributed by atoms with Gasteiger partial charge in [-0.1, -0.05) is 23.4 Å². The SMILES string of the molecule is COc1ccccc1Cc1cc(C)nc([C@@H]2CCCN(C(=O)CCc3nc(C)no3)C2)c1. The highest BCUT2D eigenvalue weighted by atomic mass is 16.5. The molecule has 0 saturated carbocycles. The van der Waals surface area contributed by atoms with Crippen molar-refractivity contribution in [2.75, 3.05) is 20.2 Å². The highest BCUT2D eigenvalue weighted by Crippen LogP contribution is 2.28. The van der Waals surface area contributed by atoms with Crippen LogP contribution in [0.1, 0.15) is 59.4 Å². The third-order valence-electron chi connectivity index (χ3n) is 5.93. The minimum atomic E-state index is 0.132. The smallest absolute Gasteiger partial charge is 0.227 e. The minimum Gasteiger partial charge on any atom is -0.496 e. The van der Waals surface area contributed by atoms with Crippen molar-refractivity contribution in [1.82, 2.24) is 20.0 Å². The van der Waals surface area contributed by atoms with Gasteiger partial charge >= 0.3 is 0 Å². The zero-order valence-electron chi connectivity index (χ0n) is 19.0. The van der Waals surface area contributed by atoms with Crippen molar-refractivity contribution in [2.45, 2.75) is 51.9 Å². The Balaban J connectivity index is 1.44. The Morgan fingerprint density at radius 1 is 1.22 bits per heavy atom. The van der Waals surface area contributed by atoms with Crippen LogP contribution in [0.15, 0.2) is 40.9 Å². The molecule has 0 unspecified atom stereocenters. The molecule has 32 heavy (non-hydrogen) atoms. The molecular formula is C25H30N4O3. The number of carbonyl (C=O) groups excluding carboxylic acids is 1. The predicted molar refractivity (Wildman–Crippen MR) is 121 cm³/mol. The van der Waals surface area contributed by atoms with Crippen molar-refractivity contribution in [3.63, 3.8) is 0 Å². The number of likely N-dealkylation sites (tertiary alicyclic amines) is 1. The Morgan fingerprint density at radius 2 is 2.06 bits per heavy atom. The molecule has 4 rings (SSSR count). The van der Waals surface area contributed by atoms with Crippen LogP contribution in [0.5, 0.6) is 5.75 Å². The molecule has 1 aliphatic heterocycles. The zero-order chi connectivity index (χ0) is 22.5. The van der Waals surface area contributed by atoms with Crippen LogP contribution in [0, 0.1) is 13.8 Å². The molecule has 1 saturated heterocycles. The Morgan fingerprint density at radius 3 is 2.84 bits per heavy atom. The summed E-state index contributed by atoms with van der Waals surface area (Å²) in [7, 11) is 1.70. The summed E-state index contributed by atoms with van der Waals surface area (Å²) in [6.07, 6.45) is 3.67. The molecule has 7 nitrogen and oxygen atoms in total. The first-order valence-corrected chi connectivity index (χ1v) is 11.2. The average Bonchev–Trinajstić information content (AvgIpc) is 3.22. The Labute approximate surface area is 188 Å². The highest BCUT2D eigenvalue weighted by molar-refractivity contribution is 5.76. The molecule has 1 fully saturated rings. The van der Waals surface area contributed by atoms with Gasteiger partial charge in [0.15, 0.2) is 5.82 Å². The molecule has 1 amide bonds. The van der Waals surface area contributed by atoms with E-state index in [-0.39, 0.29) is 11.8 Å². The van der Waals surface area contributed by atoms with Gasteiger partial charge in [0, 0.05) is 49.7 Å². The molecule has 1 aromatic carbocycles. The van der Waals surface area contributed by atoms with Crippen molar-refractivity contribution in [3.8, 4) is 5.75 Å². The quantitative estimate of drug-likeness (QED) is 0.559. The predicted octanol–water partition coefficient (Wildman–Crippen LogP) is 4.02. The van der Waals surface area contributed by atoms with Gasteiger partial charge in [0.2, 0.25) is 11.8 Å². The lowest BCUT2D eigenvalue weighted by atomic mass is 9.92. The number of ether oxygens (including phenoxy) is 1. The van der Waals surface area contributed by atoms with Gasteiger partial charge in [-0.25, -0.2) is 0 Å². The van der Waals surface area contributed by atoms with E-state index in [2.05, 4.69) is 28.3 Å². The normalized spacial score (nSPS) is 16.2. The van der Waals surface area contributed by atoms with E-state index in [9.17, 15) is 4.79 Å². The lowest BCUT2D eigenvalue weighted by Gasteiger charge is -2.33. The van der Waals surface area contributed by atoms with Crippen molar-refractivity contribution in [3.05, 3.63) is 70.6 Å². The van der Waals surface area contributed by atoms with Crippen molar-refractivity contribution >= 4 is 5.91 Å². The number of para-hydroxylation sites is 1. The standard InChI is InChI=1S/C25H30N4O3/c1-17-13-19(14-20-7-4-5-9-23(20)31-3)15-22(26-17)21-8-6-12-29(16-21)25(30)11-10-24-27-18(2)28-32-24/h4-5,7,9,13,15,21H,6,8,10-12,14,16H2,1-3H3/t21-/m1/s1. The Kier molecular flexibility index (Phi) is 6.83. The van der Waals surface area contributed by atoms with E-state index in [1.165, 1.54) is 5.56 Å². The van der Waals surface area contributed by atoms with Gasteiger partial charge in [-0.05, 0) is 56.0 Å². The molecule has 0 aliphatic carbocycles. The van der Waals surface area contributed by atoms with Crippen LogP contribution in [0.3, 0.4) is 0 Å². The average molecular weight is 435 g/mol. The fraction of sp³-hybridized carbons (Fsp3) is 0.440. The Hall–Kier alpha value is -3.22. The summed E-state index contributed by atoms with van der Waals surface area (Å²) in [6.45, 7) is 5.30. The minimum absolute atomic E-state index is 0.132. The number of aryl methyl sites for hydroxylation is 3. The van der Waals surface area contributed by atoms with Crippen LogP contribution < -0.4 is 4.74 Å². The van der Waals surface area contributed by atoms with E-state index in [4.69, 9.17) is 14.2 Å². The van der Waals surface area contributed by atoms with E-state index in [1.54, 1.807) is 14.0 Å². The van der Waals surface area contributed by atoms with Gasteiger partial charge in [0.05, 0.1) is 7.11 Å². The number of pyridine rings is 1. The van der Waals surface area contributed by atoms with Crippen molar-refractivity contribution in [1.29, 1.82) is 0 Å². The third kappa shape index (κ3) is 5.33. The molecule has 0 N–H and O–H groups in total. The summed E-state index contributed by atoms with van der Waals surface area (Å²) < 4.78 is 10.6. The molecule has 3 heterocycles. The van der Waals surface area contributed by atoms with Gasteiger partial charge in [0.1, 0.15) is 5.75 Å². The summed E-state index contributed by atoms with van der Waals surface area (Å²) in [5.74, 6) is 2.39. The molecule has 2 aromatic heterocycles. The molecule has 1 atom stereocenters. The second-order valence-corrected chi connectivity index (χ2v) is 8.44. The van der Waals surface area contributed by atoms with Gasteiger partial charge in [-0.2, -0.15) is 4.98 Å². The van der Waals surface area contributed by atoms with Crippen LogP contribution in [0.4, 0.5) is 0 Å². The highest BCUT2D eigenvalue weighted by Gasteiger charge is 2.26. The lowest BCUT2D eigenvalue weighted by molar-refractivity contribution is -0.132. The zero-order valence-corrected chi connectivity index (χ0v) is 19.0. The number of nitrogens with zero attached hydrogens (tertiary/aromatic N) is 4. The number of aromatic nitrogens is 3. The van der Waals surface area contributed by atoms with E-state index in [1.807, 2.05) is 30.0 Å². The summed E-state index contributed by atoms with van der Waals surface area (Å²) in [4.78, 5) is 23.8. The third-order valence-corrected chi connectivity index (χ3v) is 5.93. The summed E-state index contributed by atoms with van der Waals surface area (Å²) >= 11 is 0. The maximum atomic E-state index is 12.8. The molecule has 168 valence electrons.